The van der Waals surface area contributed by atoms with E-state index in [0.29, 0.717) is 17.7 Å². The fourth-order valence-electron chi connectivity index (χ4n) is 2.44. The lowest BCUT2D eigenvalue weighted by Crippen LogP contribution is -2.32. The average molecular weight is 270 g/mol. The molecule has 1 atom stereocenters. The lowest BCUT2D eigenvalue weighted by atomic mass is 10.1. The molecule has 5 nitrogen and oxygen atoms in total. The maximum atomic E-state index is 12.6. The van der Waals surface area contributed by atoms with Gasteiger partial charge in [-0.3, -0.25) is 9.79 Å². The molecule has 0 saturated carbocycles. The van der Waals surface area contributed by atoms with Crippen LogP contribution in [0.15, 0.2) is 41.6 Å². The molecule has 1 aromatic rings. The highest BCUT2D eigenvalue weighted by Crippen LogP contribution is 2.37. The summed E-state index contributed by atoms with van der Waals surface area (Å²) in [5, 5.41) is 9.78. The van der Waals surface area contributed by atoms with Crippen LogP contribution in [0.1, 0.15) is 16.8 Å². The summed E-state index contributed by atoms with van der Waals surface area (Å²) in [6.07, 6.45) is 5.97. The van der Waals surface area contributed by atoms with E-state index in [1.807, 2.05) is 0 Å². The first kappa shape index (κ1) is 12.5. The Hall–Kier alpha value is -2.56. The molecule has 2 heterocycles. The van der Waals surface area contributed by atoms with E-state index in [0.717, 1.165) is 5.57 Å². The minimum atomic E-state index is -0.155. The second kappa shape index (κ2) is 4.52. The highest BCUT2D eigenvalue weighted by atomic mass is 16.5. The van der Waals surface area contributed by atoms with Gasteiger partial charge in [0.25, 0.3) is 5.91 Å². The van der Waals surface area contributed by atoms with Gasteiger partial charge in [-0.25, -0.2) is 0 Å². The van der Waals surface area contributed by atoms with Crippen molar-refractivity contribution >= 4 is 17.8 Å². The first-order valence-electron chi connectivity index (χ1n) is 6.25. The first-order chi connectivity index (χ1) is 9.63. The Morgan fingerprint density at radius 3 is 3.05 bits per heavy atom. The van der Waals surface area contributed by atoms with Crippen LogP contribution in [0.5, 0.6) is 11.5 Å². The molecule has 2 aliphatic heterocycles. The second-order valence-corrected chi connectivity index (χ2v) is 4.71. The number of aromatic hydroxyl groups is 1. The number of methoxy groups -OCH3 is 1. The second-order valence-electron chi connectivity index (χ2n) is 4.71. The lowest BCUT2D eigenvalue weighted by molar-refractivity contribution is 0.0817. The van der Waals surface area contributed by atoms with Crippen molar-refractivity contribution in [2.24, 2.45) is 4.99 Å². The zero-order chi connectivity index (χ0) is 14.3. The van der Waals surface area contributed by atoms with E-state index >= 15 is 0 Å². The van der Waals surface area contributed by atoms with Crippen LogP contribution in [-0.4, -0.2) is 35.3 Å². The Balaban J connectivity index is 2.10. The highest BCUT2D eigenvalue weighted by Gasteiger charge is 2.32. The molecule has 0 unspecified atom stereocenters. The number of phenolic OH excluding ortho intramolecular Hbond substituents is 1. The minimum absolute atomic E-state index is 0.0272. The van der Waals surface area contributed by atoms with Crippen LogP contribution in [0.2, 0.25) is 0 Å². The van der Waals surface area contributed by atoms with Gasteiger partial charge >= 0.3 is 0 Å². The van der Waals surface area contributed by atoms with Crippen LogP contribution >= 0.6 is 0 Å². The molecule has 1 amide bonds. The monoisotopic (exact) mass is 270 g/mol. The van der Waals surface area contributed by atoms with Gasteiger partial charge in [0.15, 0.2) is 11.5 Å². The number of aliphatic imine (C=N–C) groups is 1. The van der Waals surface area contributed by atoms with Crippen molar-refractivity contribution in [1.82, 2.24) is 4.90 Å². The van der Waals surface area contributed by atoms with Gasteiger partial charge in [-0.15, -0.1) is 0 Å². The predicted molar refractivity (Wildman–Crippen MR) is 75.7 cm³/mol. The molecule has 0 aliphatic carbocycles. The number of fused-ring (bicyclic) bond motifs is 2. The zero-order valence-corrected chi connectivity index (χ0v) is 11.0. The van der Waals surface area contributed by atoms with Gasteiger partial charge in [-0.05, 0) is 18.1 Å². The molecule has 1 N–H and O–H groups in total. The molecule has 0 aromatic heterocycles. The largest absolute Gasteiger partial charge is 0.504 e. The van der Waals surface area contributed by atoms with Crippen LogP contribution in [-0.2, 0) is 0 Å². The SMILES string of the molecule is C=CC1=CN2C(=O)c3cc(OC)c(O)cc3N=C[C@@H]2C1. The van der Waals surface area contributed by atoms with Crippen LogP contribution in [0.3, 0.4) is 0 Å². The number of benzene rings is 1. The lowest BCUT2D eigenvalue weighted by Gasteiger charge is -2.18. The Morgan fingerprint density at radius 2 is 2.35 bits per heavy atom. The molecule has 0 bridgehead atoms. The van der Waals surface area contributed by atoms with E-state index in [2.05, 4.69) is 11.6 Å². The van der Waals surface area contributed by atoms with Crippen molar-refractivity contribution in [2.45, 2.75) is 12.5 Å². The number of carbonyl (C=O) groups is 1. The van der Waals surface area contributed by atoms with Crippen LogP contribution < -0.4 is 4.74 Å². The molecule has 0 saturated heterocycles. The molecular weight excluding hydrogens is 256 g/mol. The maximum absolute atomic E-state index is 12.6. The molecule has 0 fully saturated rings. The number of hydrogen-bond acceptors (Lipinski definition) is 4. The summed E-state index contributed by atoms with van der Waals surface area (Å²) in [6, 6.07) is 2.87. The van der Waals surface area contributed by atoms with E-state index in [-0.39, 0.29) is 23.4 Å². The topological polar surface area (TPSA) is 62.1 Å². The van der Waals surface area contributed by atoms with Crippen molar-refractivity contribution in [3.05, 3.63) is 42.1 Å². The number of rotatable bonds is 2. The summed E-state index contributed by atoms with van der Waals surface area (Å²) in [4.78, 5) is 18.5. The van der Waals surface area contributed by atoms with Crippen LogP contribution in [0.4, 0.5) is 5.69 Å². The van der Waals surface area contributed by atoms with Crippen LogP contribution in [0.25, 0.3) is 0 Å². The molecule has 102 valence electrons. The molecule has 0 radical (unpaired) electrons. The summed E-state index contributed by atoms with van der Waals surface area (Å²) in [5.74, 6) is 0.0797. The van der Waals surface area contributed by atoms with Gasteiger partial charge in [0, 0.05) is 18.5 Å². The zero-order valence-electron chi connectivity index (χ0n) is 11.0. The fraction of sp³-hybridized carbons (Fsp3) is 0.200. The summed E-state index contributed by atoms with van der Waals surface area (Å²) in [5.41, 5.74) is 1.88. The van der Waals surface area contributed by atoms with E-state index in [1.165, 1.54) is 19.2 Å². The molecule has 20 heavy (non-hydrogen) atoms. The Morgan fingerprint density at radius 1 is 1.55 bits per heavy atom. The molecule has 0 spiro atoms. The molecule has 3 rings (SSSR count). The van der Waals surface area contributed by atoms with E-state index in [9.17, 15) is 9.90 Å². The van der Waals surface area contributed by atoms with E-state index in [4.69, 9.17) is 4.74 Å². The van der Waals surface area contributed by atoms with Crippen molar-refractivity contribution in [2.75, 3.05) is 7.11 Å². The third kappa shape index (κ3) is 1.79. The quantitative estimate of drug-likeness (QED) is 0.897. The summed E-state index contributed by atoms with van der Waals surface area (Å²) >= 11 is 0. The number of allylic oxidation sites excluding steroid dienone is 1. The van der Waals surface area contributed by atoms with Gasteiger partial charge in [-0.2, -0.15) is 0 Å². The number of ether oxygens (including phenoxy) is 1. The van der Waals surface area contributed by atoms with E-state index in [1.54, 1.807) is 23.4 Å². The maximum Gasteiger partial charge on any atom is 0.260 e. The average Bonchev–Trinajstić information content (AvgIpc) is 2.83. The Bertz CT molecular complexity index is 661. The molecule has 2 aliphatic rings. The number of phenols is 1. The standard InChI is InChI=1S/C15H14N2O3/c1-3-9-4-10-7-16-12-6-13(18)14(20-2)5-11(12)15(19)17(10)8-9/h3,5-8,10,18H,1,4H2,2H3/t10-/m0/s1. The van der Waals surface area contributed by atoms with E-state index < -0.39 is 0 Å². The Labute approximate surface area is 116 Å². The minimum Gasteiger partial charge on any atom is -0.504 e. The smallest absolute Gasteiger partial charge is 0.260 e. The van der Waals surface area contributed by atoms with Gasteiger partial charge in [0.1, 0.15) is 0 Å². The first-order valence-corrected chi connectivity index (χ1v) is 6.25. The number of nitrogens with zero attached hydrogens (tertiary/aromatic N) is 2. The normalized spacial score (nSPS) is 20.1. The van der Waals surface area contributed by atoms with Gasteiger partial charge in [0.2, 0.25) is 0 Å². The molecule has 5 heteroatoms. The molecular formula is C15H14N2O3. The van der Waals surface area contributed by atoms with Crippen molar-refractivity contribution in [3.8, 4) is 11.5 Å². The number of carbonyl (C=O) groups excluding carboxylic acids is 1. The summed E-state index contributed by atoms with van der Waals surface area (Å²) in [7, 11) is 1.44. The van der Waals surface area contributed by atoms with Crippen molar-refractivity contribution < 1.29 is 14.6 Å². The third-order valence-electron chi connectivity index (χ3n) is 3.52. The summed E-state index contributed by atoms with van der Waals surface area (Å²) < 4.78 is 5.05. The molecule has 1 aromatic carbocycles. The van der Waals surface area contributed by atoms with Gasteiger partial charge < -0.3 is 14.7 Å². The van der Waals surface area contributed by atoms with Gasteiger partial charge in [0.05, 0.1) is 24.4 Å². The summed E-state index contributed by atoms with van der Waals surface area (Å²) in [6.45, 7) is 3.73. The predicted octanol–water partition coefficient (Wildman–Crippen LogP) is 2.40. The van der Waals surface area contributed by atoms with Crippen molar-refractivity contribution in [3.63, 3.8) is 0 Å². The fourth-order valence-corrected chi connectivity index (χ4v) is 2.44. The highest BCUT2D eigenvalue weighted by molar-refractivity contribution is 6.04. The van der Waals surface area contributed by atoms with Crippen LogP contribution in [0, 0.1) is 0 Å². The Kier molecular flexibility index (Phi) is 2.82. The number of hydrogen-bond donors (Lipinski definition) is 1. The van der Waals surface area contributed by atoms with Crippen molar-refractivity contribution in [1.29, 1.82) is 0 Å². The third-order valence-corrected chi connectivity index (χ3v) is 3.52. The number of amides is 1. The van der Waals surface area contributed by atoms with Gasteiger partial charge in [-0.1, -0.05) is 12.7 Å².